The molecule has 1 aliphatic rings. The summed E-state index contributed by atoms with van der Waals surface area (Å²) in [6.07, 6.45) is 13.8. The molecular formula is C36H48FN3O2. The molecule has 0 saturated heterocycles. The van der Waals surface area contributed by atoms with Crippen molar-refractivity contribution >= 4 is 11.8 Å². The number of carbonyl (C=O) groups excluding carboxylic acids is 2. The Kier molecular flexibility index (Phi) is 12.2. The van der Waals surface area contributed by atoms with E-state index in [0.29, 0.717) is 25.2 Å². The van der Waals surface area contributed by atoms with Crippen LogP contribution >= 0.6 is 0 Å². The number of amides is 2. The first-order chi connectivity index (χ1) is 20.5. The van der Waals surface area contributed by atoms with Crippen LogP contribution in [0.2, 0.25) is 0 Å². The molecule has 0 spiro atoms. The van der Waals surface area contributed by atoms with Gasteiger partial charge in [-0.15, -0.1) is 0 Å². The van der Waals surface area contributed by atoms with Gasteiger partial charge >= 0.3 is 0 Å². The van der Waals surface area contributed by atoms with Crippen molar-refractivity contribution in [2.24, 2.45) is 0 Å². The lowest BCUT2D eigenvalue weighted by Gasteiger charge is -2.36. The molecule has 0 unspecified atom stereocenters. The molecule has 0 bridgehead atoms. The summed E-state index contributed by atoms with van der Waals surface area (Å²) in [5.41, 5.74) is 3.96. The summed E-state index contributed by atoms with van der Waals surface area (Å²) in [7, 11) is 0. The smallest absolute Gasteiger partial charge is 0.254 e. The van der Waals surface area contributed by atoms with E-state index in [1.807, 2.05) is 29.3 Å². The maximum Gasteiger partial charge on any atom is 0.254 e. The third kappa shape index (κ3) is 9.04. The zero-order chi connectivity index (χ0) is 29.7. The van der Waals surface area contributed by atoms with Gasteiger partial charge in [-0.1, -0.05) is 76.6 Å². The number of aryl methyl sites for hydroxylation is 1. The van der Waals surface area contributed by atoms with Crippen LogP contribution in [0.5, 0.6) is 0 Å². The zero-order valence-corrected chi connectivity index (χ0v) is 25.6. The highest BCUT2D eigenvalue weighted by Crippen LogP contribution is 2.25. The second kappa shape index (κ2) is 16.3. The first kappa shape index (κ1) is 31.5. The number of unbranched alkanes of at least 4 members (excludes halogenated alkanes) is 3. The molecule has 2 amide bonds. The summed E-state index contributed by atoms with van der Waals surface area (Å²) < 4.78 is 15.6. The average Bonchev–Trinajstić information content (AvgIpc) is 3.46. The van der Waals surface area contributed by atoms with E-state index >= 15 is 0 Å². The molecule has 226 valence electrons. The molecule has 6 heteroatoms. The van der Waals surface area contributed by atoms with E-state index in [9.17, 15) is 14.0 Å². The SMILES string of the molecule is CCCCCc1ccc(C(=O)N(CCCC)CC(=O)N(Cc2cccn2Cc2ccc(F)cc2)C2CCCCC2)cc1. The zero-order valence-electron chi connectivity index (χ0n) is 25.6. The molecule has 0 radical (unpaired) electrons. The first-order valence-corrected chi connectivity index (χ1v) is 16.0. The molecule has 0 N–H and O–H groups in total. The molecule has 1 fully saturated rings. The van der Waals surface area contributed by atoms with Crippen LogP contribution in [0, 0.1) is 5.82 Å². The molecule has 5 nitrogen and oxygen atoms in total. The van der Waals surface area contributed by atoms with Crippen molar-refractivity contribution in [2.75, 3.05) is 13.1 Å². The number of hydrogen-bond acceptors (Lipinski definition) is 2. The fourth-order valence-electron chi connectivity index (χ4n) is 5.95. The number of halogens is 1. The summed E-state index contributed by atoms with van der Waals surface area (Å²) in [5.74, 6) is -0.303. The van der Waals surface area contributed by atoms with E-state index in [1.165, 1.54) is 37.0 Å². The van der Waals surface area contributed by atoms with Crippen LogP contribution in [0.1, 0.15) is 105 Å². The van der Waals surface area contributed by atoms with E-state index in [0.717, 1.165) is 62.6 Å². The van der Waals surface area contributed by atoms with Gasteiger partial charge in [0.1, 0.15) is 12.4 Å². The van der Waals surface area contributed by atoms with Crippen LogP contribution in [-0.2, 0) is 24.3 Å². The van der Waals surface area contributed by atoms with Crippen LogP contribution < -0.4 is 0 Å². The third-order valence-corrected chi connectivity index (χ3v) is 8.52. The molecule has 4 rings (SSSR count). The third-order valence-electron chi connectivity index (χ3n) is 8.52. The molecule has 3 aromatic rings. The summed E-state index contributed by atoms with van der Waals surface area (Å²) >= 11 is 0. The number of nitrogens with zero attached hydrogens (tertiary/aromatic N) is 3. The molecule has 1 heterocycles. The molecule has 1 aromatic heterocycles. The van der Waals surface area contributed by atoms with Gasteiger partial charge in [0, 0.05) is 36.6 Å². The summed E-state index contributed by atoms with van der Waals surface area (Å²) in [6.45, 7) is 6.09. The maximum atomic E-state index is 14.1. The predicted octanol–water partition coefficient (Wildman–Crippen LogP) is 8.01. The number of benzene rings is 2. The van der Waals surface area contributed by atoms with Gasteiger partial charge in [0.25, 0.3) is 5.91 Å². The Balaban J connectivity index is 1.50. The fraction of sp³-hybridized carbons (Fsp3) is 0.500. The lowest BCUT2D eigenvalue weighted by Crippen LogP contribution is -2.47. The molecular weight excluding hydrogens is 525 g/mol. The van der Waals surface area contributed by atoms with Gasteiger partial charge in [-0.3, -0.25) is 9.59 Å². The van der Waals surface area contributed by atoms with Crippen molar-refractivity contribution in [3.05, 3.63) is 95.1 Å². The second-order valence-electron chi connectivity index (χ2n) is 11.8. The highest BCUT2D eigenvalue weighted by Gasteiger charge is 2.29. The first-order valence-electron chi connectivity index (χ1n) is 16.0. The topological polar surface area (TPSA) is 45.6 Å². The van der Waals surface area contributed by atoms with Crippen LogP contribution in [0.4, 0.5) is 4.39 Å². The summed E-state index contributed by atoms with van der Waals surface area (Å²) in [5, 5.41) is 0. The van der Waals surface area contributed by atoms with Crippen LogP contribution in [0.3, 0.4) is 0 Å². The summed E-state index contributed by atoms with van der Waals surface area (Å²) in [4.78, 5) is 31.5. The number of aromatic nitrogens is 1. The number of rotatable bonds is 15. The molecule has 42 heavy (non-hydrogen) atoms. The Bertz CT molecular complexity index is 1250. The van der Waals surface area contributed by atoms with Crippen molar-refractivity contribution < 1.29 is 14.0 Å². The molecule has 1 aliphatic carbocycles. The van der Waals surface area contributed by atoms with Gasteiger partial charge in [-0.25, -0.2) is 4.39 Å². The Morgan fingerprint density at radius 1 is 0.857 bits per heavy atom. The quantitative estimate of drug-likeness (QED) is 0.173. The van der Waals surface area contributed by atoms with E-state index in [4.69, 9.17) is 0 Å². The van der Waals surface area contributed by atoms with Gasteiger partial charge in [0.15, 0.2) is 0 Å². The normalized spacial score (nSPS) is 13.7. The van der Waals surface area contributed by atoms with Gasteiger partial charge in [0.05, 0.1) is 6.54 Å². The Morgan fingerprint density at radius 2 is 1.55 bits per heavy atom. The van der Waals surface area contributed by atoms with Gasteiger partial charge < -0.3 is 14.4 Å². The van der Waals surface area contributed by atoms with E-state index in [1.54, 1.807) is 17.0 Å². The minimum Gasteiger partial charge on any atom is -0.345 e. The highest BCUT2D eigenvalue weighted by atomic mass is 19.1. The van der Waals surface area contributed by atoms with Gasteiger partial charge in [-0.05, 0) is 79.6 Å². The van der Waals surface area contributed by atoms with Crippen molar-refractivity contribution in [3.63, 3.8) is 0 Å². The minimum atomic E-state index is -0.245. The van der Waals surface area contributed by atoms with Crippen molar-refractivity contribution in [2.45, 2.75) is 104 Å². The summed E-state index contributed by atoms with van der Waals surface area (Å²) in [6, 6.07) is 18.8. The molecule has 0 atom stereocenters. The second-order valence-corrected chi connectivity index (χ2v) is 11.8. The van der Waals surface area contributed by atoms with Crippen molar-refractivity contribution in [3.8, 4) is 0 Å². The molecule has 1 saturated carbocycles. The average molecular weight is 574 g/mol. The lowest BCUT2D eigenvalue weighted by molar-refractivity contribution is -0.135. The Morgan fingerprint density at radius 3 is 2.24 bits per heavy atom. The standard InChI is InChI=1S/C36H48FN3O2/c1-3-5-8-12-29-16-20-31(21-17-29)36(42)39(24-6-4-2)28-35(41)40(33-13-9-7-10-14-33)27-34-15-11-25-38(34)26-30-18-22-32(37)23-19-30/h11,15-23,25,33H,3-10,12-14,24,26-28H2,1-2H3. The minimum absolute atomic E-state index is 0.0112. The van der Waals surface area contributed by atoms with Gasteiger partial charge in [-0.2, -0.15) is 0 Å². The lowest BCUT2D eigenvalue weighted by atomic mass is 9.94. The van der Waals surface area contributed by atoms with Crippen LogP contribution in [-0.4, -0.2) is 45.3 Å². The van der Waals surface area contributed by atoms with Gasteiger partial charge in [0.2, 0.25) is 5.91 Å². The van der Waals surface area contributed by atoms with E-state index in [-0.39, 0.29) is 30.2 Å². The van der Waals surface area contributed by atoms with Crippen molar-refractivity contribution in [1.29, 1.82) is 0 Å². The number of carbonyl (C=O) groups is 2. The predicted molar refractivity (Wildman–Crippen MR) is 168 cm³/mol. The maximum absolute atomic E-state index is 14.1. The Labute approximate surface area is 251 Å². The number of hydrogen-bond donors (Lipinski definition) is 0. The fourth-order valence-corrected chi connectivity index (χ4v) is 5.95. The highest BCUT2D eigenvalue weighted by molar-refractivity contribution is 5.96. The van der Waals surface area contributed by atoms with E-state index in [2.05, 4.69) is 36.6 Å². The molecule has 0 aliphatic heterocycles. The largest absolute Gasteiger partial charge is 0.345 e. The van der Waals surface area contributed by atoms with Crippen LogP contribution in [0.15, 0.2) is 66.9 Å². The molecule has 2 aromatic carbocycles. The Hall–Kier alpha value is -3.41. The van der Waals surface area contributed by atoms with E-state index < -0.39 is 0 Å². The van der Waals surface area contributed by atoms with Crippen LogP contribution in [0.25, 0.3) is 0 Å². The monoisotopic (exact) mass is 573 g/mol. The van der Waals surface area contributed by atoms with Crippen molar-refractivity contribution in [1.82, 2.24) is 14.4 Å².